The zero-order chi connectivity index (χ0) is 74.2. The molecule has 7 heterocycles. The maximum atomic E-state index is 15.5. The molecule has 102 heavy (non-hydrogen) atoms. The predicted octanol–water partition coefficient (Wildman–Crippen LogP) is 14.7. The second-order valence-electron chi connectivity index (χ2n) is 27.9. The number of sulfonamides is 1. The average molecular weight is 1450 g/mol. The first-order chi connectivity index (χ1) is 47.9. The number of aromatic hydroxyl groups is 2. The summed E-state index contributed by atoms with van der Waals surface area (Å²) in [6, 6.07) is 18.4. The van der Waals surface area contributed by atoms with Crippen molar-refractivity contribution in [2.75, 3.05) is 59.0 Å². The summed E-state index contributed by atoms with van der Waals surface area (Å²) in [5.74, 6) is -8.26. The minimum atomic E-state index is -4.41. The van der Waals surface area contributed by atoms with E-state index in [1.807, 2.05) is 45.0 Å². The quantitative estimate of drug-likeness (QED) is 0.0489. The Morgan fingerprint density at radius 2 is 1.01 bits per heavy atom. The number of hydrogen-bond donors (Lipinski definition) is 4. The van der Waals surface area contributed by atoms with Crippen LogP contribution in [0, 0.1) is 28.8 Å². The molecule has 0 radical (unpaired) electrons. The van der Waals surface area contributed by atoms with Gasteiger partial charge in [0.15, 0.2) is 40.7 Å². The molecule has 18 nitrogen and oxygen atoms in total. The van der Waals surface area contributed by atoms with E-state index in [1.54, 1.807) is 14.7 Å². The van der Waals surface area contributed by atoms with Crippen LogP contribution in [0.3, 0.4) is 0 Å². The number of phenolic OH excluding ortho intramolecular Hbond substituents is 2. The van der Waals surface area contributed by atoms with Crippen molar-refractivity contribution >= 4 is 45.0 Å². The molecule has 550 valence electrons. The van der Waals surface area contributed by atoms with Gasteiger partial charge in [0.05, 0.1) is 53.8 Å². The zero-order valence-electron chi connectivity index (χ0n) is 57.9. The van der Waals surface area contributed by atoms with Gasteiger partial charge >= 0.3 is 6.18 Å². The fraction of sp³-hybridized carbons (Fsp3) is 0.479. The lowest BCUT2D eigenvalue weighted by Gasteiger charge is -2.30. The Hall–Kier alpha value is -8.73. The van der Waals surface area contributed by atoms with Gasteiger partial charge in [0, 0.05) is 68.8 Å². The van der Waals surface area contributed by atoms with E-state index in [0.29, 0.717) is 106 Å². The van der Waals surface area contributed by atoms with Gasteiger partial charge in [-0.05, 0) is 143 Å². The second kappa shape index (κ2) is 32.3. The third kappa shape index (κ3) is 19.7. The number of alkyl halides is 7. The van der Waals surface area contributed by atoms with E-state index in [4.69, 9.17) is 5.73 Å². The molecule has 4 aliphatic heterocycles. The summed E-state index contributed by atoms with van der Waals surface area (Å²) in [6.45, 7) is 11.5. The van der Waals surface area contributed by atoms with E-state index >= 15 is 13.2 Å². The molecule has 3 aromatic heterocycles. The number of primary amides is 1. The first-order valence-electron chi connectivity index (χ1n) is 33.9. The number of carbonyl (C=O) groups excluding carboxylic acids is 2. The zero-order valence-corrected chi connectivity index (χ0v) is 58.7. The van der Waals surface area contributed by atoms with Crippen LogP contribution < -0.4 is 25.8 Å². The number of aryl methyl sites for hydroxylation is 3. The monoisotopic (exact) mass is 1450 g/mol. The summed E-state index contributed by atoms with van der Waals surface area (Å²) in [4.78, 5) is 53.2. The Balaban J connectivity index is 0.000000178. The van der Waals surface area contributed by atoms with Gasteiger partial charge in [-0.15, -0.1) is 0 Å². The average Bonchev–Trinajstić information content (AvgIpc) is 1.56. The highest BCUT2D eigenvalue weighted by molar-refractivity contribution is 7.88. The molecule has 4 aromatic carbocycles. The minimum Gasteiger partial charge on any atom is -0.508 e. The highest BCUT2D eigenvalue weighted by Crippen LogP contribution is 2.45. The molecular formula is C73H86F10N12O6S. The number of rotatable bonds is 21. The third-order valence-corrected chi connectivity index (χ3v) is 20.3. The Bertz CT molecular complexity index is 4170. The Kier molecular flexibility index (Phi) is 24.5. The molecule has 4 aliphatic rings. The van der Waals surface area contributed by atoms with Gasteiger partial charge in [-0.25, -0.2) is 69.0 Å². The van der Waals surface area contributed by atoms with Gasteiger partial charge in [0.2, 0.25) is 21.7 Å². The standard InChI is InChI=1S/C26H27F3N4O2.C24H31F3N4O3S.C23H28F4N4O/c1-26(28,29)18-9-10-19(22(34)14-18)21-3-2-12-33(21)25-24(27)20(31-15-32-25)11-8-16-4-6-17(7-5-16)13-23(30)35;1-24(26,27)17-6-7-18(21(32)14-17)20-4-3-11-31(20)23-22(25)19(28-15-29-23)8-5-16-9-12-30(13-10-16)35(2,33)34;1-14(32)17(12-22(2,3)4)30-20-19(24)21(29-13-28-20)31-11-5-6-18(31)15-7-9-16(10-8-15)23(25,26)27/h4-7,9-10,14-15,21,34H,2-3,8,11-13H2,1H3,(H2,30,35);6-7,14-16,20,32H,3-5,8-13H2,1-2H3;7-10,13,17-18H,5-6,11-12H2,1-4H3,(H,28,29,30). The number of halogens is 10. The predicted molar refractivity (Wildman–Crippen MR) is 367 cm³/mol. The third-order valence-electron chi connectivity index (χ3n) is 18.9. The van der Waals surface area contributed by atoms with Crippen molar-refractivity contribution in [2.24, 2.45) is 17.1 Å². The molecule has 0 bridgehead atoms. The number of amides is 1. The van der Waals surface area contributed by atoms with Gasteiger partial charge in [0.25, 0.3) is 11.8 Å². The lowest BCUT2D eigenvalue weighted by Crippen LogP contribution is -2.37. The van der Waals surface area contributed by atoms with Crippen LogP contribution in [0.15, 0.2) is 104 Å². The SMILES string of the molecule is CC(=O)C(CC(C)(C)C)Nc1ncnc(N2CCCC2c2ccc(C(F)(F)F)cc2)c1F.CC(F)(F)c1ccc(C2CCCN2c2ncnc(CCC3CCN(S(C)(=O)=O)CC3)c2F)c(O)c1.CC(F)(F)c1ccc(C2CCCN2c2ncnc(CCc3ccc(CC(N)=O)cc3)c2F)c(O)c1. The van der Waals surface area contributed by atoms with Crippen molar-refractivity contribution in [1.29, 1.82) is 0 Å². The number of aromatic nitrogens is 6. The van der Waals surface area contributed by atoms with Crippen LogP contribution in [0.25, 0.3) is 0 Å². The topological polar surface area (TPSA) is 237 Å². The van der Waals surface area contributed by atoms with E-state index < -0.39 is 63.0 Å². The first-order valence-corrected chi connectivity index (χ1v) is 35.8. The van der Waals surface area contributed by atoms with Gasteiger partial charge in [-0.3, -0.25) is 9.59 Å². The maximum absolute atomic E-state index is 15.5. The summed E-state index contributed by atoms with van der Waals surface area (Å²) in [6.07, 6.45) is 8.97. The molecule has 7 aromatic rings. The van der Waals surface area contributed by atoms with Crippen LogP contribution in [0.4, 0.5) is 67.2 Å². The molecule has 0 saturated carbocycles. The number of carbonyl (C=O) groups is 2. The van der Waals surface area contributed by atoms with Crippen molar-refractivity contribution < 1.29 is 72.1 Å². The highest BCUT2D eigenvalue weighted by atomic mass is 32.2. The fourth-order valence-electron chi connectivity index (χ4n) is 13.6. The largest absolute Gasteiger partial charge is 0.508 e. The number of nitrogens with zero attached hydrogens (tertiary/aromatic N) is 10. The highest BCUT2D eigenvalue weighted by Gasteiger charge is 2.38. The number of piperidine rings is 1. The van der Waals surface area contributed by atoms with Gasteiger partial charge < -0.3 is 36.0 Å². The molecule has 5 N–H and O–H groups in total. The normalized spacial score (nSPS) is 18.2. The first kappa shape index (κ1) is 77.4. The Labute approximate surface area is 587 Å². The number of ketones is 1. The molecule has 4 unspecified atom stereocenters. The van der Waals surface area contributed by atoms with Crippen LogP contribution in [-0.2, 0) is 63.3 Å². The number of nitrogens with two attached hydrogens (primary N) is 1. The van der Waals surface area contributed by atoms with Crippen LogP contribution >= 0.6 is 0 Å². The van der Waals surface area contributed by atoms with E-state index in [1.165, 1.54) is 72.9 Å². The van der Waals surface area contributed by atoms with Crippen LogP contribution in [0.5, 0.6) is 11.5 Å². The molecule has 0 aliphatic carbocycles. The number of benzene rings is 4. The molecule has 1 amide bonds. The summed E-state index contributed by atoms with van der Waals surface area (Å²) in [5, 5.41) is 23.9. The molecule has 4 atom stereocenters. The molecule has 4 fully saturated rings. The molecule has 0 spiro atoms. The Morgan fingerprint density at radius 3 is 1.45 bits per heavy atom. The second-order valence-corrected chi connectivity index (χ2v) is 29.9. The summed E-state index contributed by atoms with van der Waals surface area (Å²) in [7, 11) is -3.19. The molecule has 29 heteroatoms. The molecular weight excluding hydrogens is 1360 g/mol. The summed E-state index contributed by atoms with van der Waals surface area (Å²) < 4.78 is 164. The maximum Gasteiger partial charge on any atom is 0.416 e. The van der Waals surface area contributed by atoms with E-state index in [-0.39, 0.29) is 93.3 Å². The van der Waals surface area contributed by atoms with E-state index in [2.05, 4.69) is 35.2 Å². The molecule has 4 saturated heterocycles. The van der Waals surface area contributed by atoms with Crippen LogP contribution in [0.2, 0.25) is 0 Å². The van der Waals surface area contributed by atoms with Crippen LogP contribution in [-0.4, -0.2) is 110 Å². The van der Waals surface area contributed by atoms with Crippen LogP contribution in [0.1, 0.15) is 180 Å². The van der Waals surface area contributed by atoms with Gasteiger partial charge in [0.1, 0.15) is 30.5 Å². The summed E-state index contributed by atoms with van der Waals surface area (Å²) in [5.41, 5.74) is 7.73. The summed E-state index contributed by atoms with van der Waals surface area (Å²) >= 11 is 0. The molecule has 11 rings (SSSR count). The van der Waals surface area contributed by atoms with E-state index in [0.717, 1.165) is 81.3 Å². The number of anilines is 4. The van der Waals surface area contributed by atoms with Crippen molar-refractivity contribution in [2.45, 2.75) is 174 Å². The van der Waals surface area contributed by atoms with Crippen molar-refractivity contribution in [1.82, 2.24) is 34.2 Å². The fourth-order valence-corrected chi connectivity index (χ4v) is 14.5. The minimum absolute atomic E-state index is 0.0579. The van der Waals surface area contributed by atoms with E-state index in [9.17, 15) is 59.0 Å². The van der Waals surface area contributed by atoms with Gasteiger partial charge in [-0.2, -0.15) is 17.6 Å². The smallest absolute Gasteiger partial charge is 0.416 e. The number of phenols is 2. The van der Waals surface area contributed by atoms with Gasteiger partial charge in [-0.1, -0.05) is 81.4 Å². The Morgan fingerprint density at radius 1 is 0.569 bits per heavy atom. The lowest BCUT2D eigenvalue weighted by atomic mass is 9.87. The number of nitrogens with one attached hydrogen (secondary N) is 1. The number of hydrogen-bond acceptors (Lipinski definition) is 16. The van der Waals surface area contributed by atoms with Crippen molar-refractivity contribution in [3.63, 3.8) is 0 Å². The lowest BCUT2D eigenvalue weighted by molar-refractivity contribution is -0.137. The van der Waals surface area contributed by atoms with Crippen molar-refractivity contribution in [3.05, 3.63) is 177 Å². The van der Waals surface area contributed by atoms with Crippen molar-refractivity contribution in [3.8, 4) is 11.5 Å². The number of Topliss-reactive ketones (excluding diaryl/α,β-unsaturated/α-hetero) is 1.